The fourth-order valence-electron chi connectivity index (χ4n) is 4.48. The highest BCUT2D eigenvalue weighted by Gasteiger charge is 2.30. The van der Waals surface area contributed by atoms with Crippen LogP contribution in [0.4, 0.5) is 0 Å². The lowest BCUT2D eigenvalue weighted by Gasteiger charge is -2.30. The van der Waals surface area contributed by atoms with E-state index in [0.717, 1.165) is 61.5 Å². The van der Waals surface area contributed by atoms with Crippen LogP contribution in [-0.4, -0.2) is 57.0 Å². The Labute approximate surface area is 169 Å². The molecule has 2 aromatic heterocycles. The van der Waals surface area contributed by atoms with Gasteiger partial charge < -0.3 is 14.6 Å². The highest BCUT2D eigenvalue weighted by atomic mass is 16.3. The van der Waals surface area contributed by atoms with Gasteiger partial charge in [0.25, 0.3) is 5.91 Å². The number of carbonyl (C=O) groups excluding carboxylic acids is 1. The number of amides is 1. The second kappa shape index (κ2) is 7.59. The highest BCUT2D eigenvalue weighted by molar-refractivity contribution is 5.93. The van der Waals surface area contributed by atoms with Crippen LogP contribution in [0.25, 0.3) is 11.1 Å². The van der Waals surface area contributed by atoms with Crippen molar-refractivity contribution in [2.24, 2.45) is 0 Å². The molecular weight excluding hydrogens is 368 g/mol. The molecule has 0 atom stereocenters. The Bertz CT molecular complexity index is 978. The fourth-order valence-corrected chi connectivity index (χ4v) is 4.48. The average molecular weight is 394 g/mol. The summed E-state index contributed by atoms with van der Waals surface area (Å²) in [6.07, 6.45) is 3.74. The number of fused-ring (bicyclic) bond motifs is 1. The lowest BCUT2D eigenvalue weighted by atomic mass is 9.96. The lowest BCUT2D eigenvalue weighted by molar-refractivity contribution is 0.0700. The molecule has 2 fully saturated rings. The minimum atomic E-state index is -0.0151. The maximum absolute atomic E-state index is 13.1. The van der Waals surface area contributed by atoms with Crippen molar-refractivity contribution in [1.29, 1.82) is 0 Å². The molecule has 1 amide bonds. The Hall–Kier alpha value is -2.74. The summed E-state index contributed by atoms with van der Waals surface area (Å²) in [6.45, 7) is 5.29. The van der Waals surface area contributed by atoms with E-state index < -0.39 is 0 Å². The molecule has 0 spiro atoms. The van der Waals surface area contributed by atoms with Gasteiger partial charge in [-0.3, -0.25) is 4.79 Å². The first-order valence-corrected chi connectivity index (χ1v) is 10.5. The van der Waals surface area contributed by atoms with E-state index in [2.05, 4.69) is 20.6 Å². The molecule has 4 heterocycles. The maximum Gasteiger partial charge on any atom is 0.276 e. The largest absolute Gasteiger partial charge is 0.440 e. The van der Waals surface area contributed by atoms with E-state index in [0.29, 0.717) is 24.8 Å². The number of hydrogen-bond donors (Lipinski definition) is 1. The summed E-state index contributed by atoms with van der Waals surface area (Å²) in [5.41, 5.74) is 3.09. The molecule has 0 aliphatic carbocycles. The van der Waals surface area contributed by atoms with Gasteiger partial charge in [-0.1, -0.05) is 17.3 Å². The molecule has 152 valence electrons. The molecule has 3 aromatic rings. The minimum absolute atomic E-state index is 0.0151. The van der Waals surface area contributed by atoms with Crippen LogP contribution in [-0.2, 0) is 0 Å². The molecule has 2 aliphatic rings. The first-order chi connectivity index (χ1) is 14.2. The Balaban J connectivity index is 1.26. The summed E-state index contributed by atoms with van der Waals surface area (Å²) in [6, 6.07) is 8.16. The van der Waals surface area contributed by atoms with Crippen molar-refractivity contribution in [3.05, 3.63) is 41.5 Å². The van der Waals surface area contributed by atoms with Gasteiger partial charge in [0, 0.05) is 19.0 Å². The van der Waals surface area contributed by atoms with E-state index in [4.69, 9.17) is 4.42 Å². The number of nitrogens with zero attached hydrogens (tertiary/aromatic N) is 5. The second-order valence-corrected chi connectivity index (χ2v) is 8.04. The zero-order valence-corrected chi connectivity index (χ0v) is 16.7. The van der Waals surface area contributed by atoms with Crippen LogP contribution in [0.15, 0.2) is 28.7 Å². The third kappa shape index (κ3) is 3.42. The Morgan fingerprint density at radius 2 is 1.90 bits per heavy atom. The van der Waals surface area contributed by atoms with Gasteiger partial charge in [-0.25, -0.2) is 9.67 Å². The van der Waals surface area contributed by atoms with Crippen molar-refractivity contribution < 1.29 is 9.21 Å². The molecular formula is C21H26N6O2. The molecule has 0 saturated carbocycles. The highest BCUT2D eigenvalue weighted by Crippen LogP contribution is 2.30. The van der Waals surface area contributed by atoms with Crippen LogP contribution in [0.2, 0.25) is 0 Å². The minimum Gasteiger partial charge on any atom is -0.440 e. The van der Waals surface area contributed by atoms with E-state index in [1.165, 1.54) is 0 Å². The lowest BCUT2D eigenvalue weighted by Crippen LogP contribution is -2.38. The van der Waals surface area contributed by atoms with Gasteiger partial charge in [0.05, 0.1) is 11.7 Å². The number of carbonyl (C=O) groups is 1. The summed E-state index contributed by atoms with van der Waals surface area (Å²) in [5, 5.41) is 11.9. The van der Waals surface area contributed by atoms with Crippen LogP contribution < -0.4 is 5.32 Å². The van der Waals surface area contributed by atoms with Crippen LogP contribution >= 0.6 is 0 Å². The second-order valence-electron chi connectivity index (χ2n) is 8.04. The SMILES string of the molecule is Cc1c(C(=O)N2CCC(c3nc4ccccc4o3)CC2)nnn1C1CCNCC1. The Kier molecular flexibility index (Phi) is 4.79. The fraction of sp³-hybridized carbons (Fsp3) is 0.524. The Morgan fingerprint density at radius 3 is 2.66 bits per heavy atom. The van der Waals surface area contributed by atoms with Crippen LogP contribution in [0, 0.1) is 6.92 Å². The molecule has 29 heavy (non-hydrogen) atoms. The molecule has 1 aromatic carbocycles. The van der Waals surface area contributed by atoms with Crippen molar-refractivity contribution in [2.45, 2.75) is 44.6 Å². The van der Waals surface area contributed by atoms with Gasteiger partial charge in [-0.05, 0) is 57.8 Å². The van der Waals surface area contributed by atoms with Gasteiger partial charge >= 0.3 is 0 Å². The van der Waals surface area contributed by atoms with E-state index in [1.54, 1.807) is 0 Å². The molecule has 1 N–H and O–H groups in total. The Morgan fingerprint density at radius 1 is 1.14 bits per heavy atom. The van der Waals surface area contributed by atoms with E-state index in [-0.39, 0.29) is 11.8 Å². The number of para-hydroxylation sites is 2. The molecule has 2 saturated heterocycles. The third-order valence-corrected chi connectivity index (χ3v) is 6.23. The monoisotopic (exact) mass is 394 g/mol. The van der Waals surface area contributed by atoms with E-state index in [1.807, 2.05) is 40.8 Å². The number of likely N-dealkylation sites (tertiary alicyclic amines) is 1. The van der Waals surface area contributed by atoms with E-state index >= 15 is 0 Å². The normalized spacial score (nSPS) is 19.1. The first-order valence-electron chi connectivity index (χ1n) is 10.5. The van der Waals surface area contributed by atoms with Gasteiger partial charge in [0.1, 0.15) is 5.52 Å². The number of piperidine rings is 2. The zero-order valence-electron chi connectivity index (χ0n) is 16.7. The third-order valence-electron chi connectivity index (χ3n) is 6.23. The van der Waals surface area contributed by atoms with Crippen LogP contribution in [0.5, 0.6) is 0 Å². The molecule has 0 radical (unpaired) electrons. The summed E-state index contributed by atoms with van der Waals surface area (Å²) in [4.78, 5) is 19.6. The van der Waals surface area contributed by atoms with Crippen molar-refractivity contribution in [2.75, 3.05) is 26.2 Å². The molecule has 5 rings (SSSR count). The summed E-state index contributed by atoms with van der Waals surface area (Å²) in [5.74, 6) is 1.02. The number of benzene rings is 1. The summed E-state index contributed by atoms with van der Waals surface area (Å²) in [7, 11) is 0. The number of aromatic nitrogens is 4. The quantitative estimate of drug-likeness (QED) is 0.735. The number of oxazole rings is 1. The molecule has 0 bridgehead atoms. The van der Waals surface area contributed by atoms with Crippen LogP contribution in [0.3, 0.4) is 0 Å². The predicted octanol–water partition coefficient (Wildman–Crippen LogP) is 2.67. The molecule has 8 nitrogen and oxygen atoms in total. The summed E-state index contributed by atoms with van der Waals surface area (Å²) < 4.78 is 7.88. The average Bonchev–Trinajstić information content (AvgIpc) is 3.37. The predicted molar refractivity (Wildman–Crippen MR) is 108 cm³/mol. The number of nitrogens with one attached hydrogen (secondary N) is 1. The summed E-state index contributed by atoms with van der Waals surface area (Å²) >= 11 is 0. The van der Waals surface area contributed by atoms with Crippen molar-refractivity contribution in [3.8, 4) is 0 Å². The van der Waals surface area contributed by atoms with Crippen molar-refractivity contribution in [1.82, 2.24) is 30.2 Å². The van der Waals surface area contributed by atoms with E-state index in [9.17, 15) is 4.79 Å². The standard InChI is InChI=1S/C21H26N6O2/c1-14-19(24-25-27(14)16-6-10-22-11-7-16)21(28)26-12-8-15(9-13-26)20-23-17-4-2-3-5-18(17)29-20/h2-5,15-16,22H,6-13H2,1H3. The zero-order chi connectivity index (χ0) is 19.8. The maximum atomic E-state index is 13.1. The smallest absolute Gasteiger partial charge is 0.276 e. The van der Waals surface area contributed by atoms with Gasteiger partial charge in [-0.15, -0.1) is 5.10 Å². The number of rotatable bonds is 3. The molecule has 2 aliphatic heterocycles. The van der Waals surface area contributed by atoms with Crippen LogP contribution in [0.1, 0.15) is 59.7 Å². The van der Waals surface area contributed by atoms with Crippen molar-refractivity contribution >= 4 is 17.0 Å². The topological polar surface area (TPSA) is 89.1 Å². The van der Waals surface area contributed by atoms with Crippen molar-refractivity contribution in [3.63, 3.8) is 0 Å². The first kappa shape index (κ1) is 18.3. The van der Waals surface area contributed by atoms with Gasteiger partial charge in [0.15, 0.2) is 17.2 Å². The number of hydrogen-bond acceptors (Lipinski definition) is 6. The molecule has 0 unspecified atom stereocenters. The molecule has 8 heteroatoms. The van der Waals surface area contributed by atoms with Gasteiger partial charge in [-0.2, -0.15) is 0 Å². The van der Waals surface area contributed by atoms with Gasteiger partial charge in [0.2, 0.25) is 0 Å².